The zero-order valence-corrected chi connectivity index (χ0v) is 15.8. The van der Waals surface area contributed by atoms with Crippen LogP contribution >= 0.6 is 0 Å². The standard InChI is InChI=1S/C23H24N4O/c28-22(21-8-13-25-26-21)27-14-10-23(11-15-27)9-7-18(17-4-3-12-24-16-17)19-5-1-2-6-20(19)23/h1-6,8,12-13,16,18H,7,9-11,14-15H2,(H,25,26)/t18-/m1/s1. The fraction of sp³-hybridized carbons (Fsp3) is 0.348. The molecule has 1 N–H and O–H groups in total. The van der Waals surface area contributed by atoms with Crippen LogP contribution in [-0.2, 0) is 5.41 Å². The lowest BCUT2D eigenvalue weighted by Crippen LogP contribution is -2.47. The van der Waals surface area contributed by atoms with Crippen LogP contribution in [0.2, 0.25) is 0 Å². The number of nitrogens with one attached hydrogen (secondary N) is 1. The first kappa shape index (κ1) is 17.2. The third-order valence-electron chi connectivity index (χ3n) is 6.64. The van der Waals surface area contributed by atoms with Crippen molar-refractivity contribution in [2.45, 2.75) is 37.0 Å². The number of aromatic amines is 1. The van der Waals surface area contributed by atoms with Gasteiger partial charge in [-0.05, 0) is 59.9 Å². The van der Waals surface area contributed by atoms with Crippen LogP contribution in [-0.4, -0.2) is 39.1 Å². The van der Waals surface area contributed by atoms with Gasteiger partial charge in [-0.3, -0.25) is 14.9 Å². The number of hydrogen-bond donors (Lipinski definition) is 1. The van der Waals surface area contributed by atoms with E-state index < -0.39 is 0 Å². The van der Waals surface area contributed by atoms with E-state index in [1.807, 2.05) is 23.4 Å². The molecule has 1 amide bonds. The van der Waals surface area contributed by atoms with Crippen molar-refractivity contribution in [1.29, 1.82) is 0 Å². The van der Waals surface area contributed by atoms with E-state index in [0.29, 0.717) is 11.6 Å². The van der Waals surface area contributed by atoms with Crippen LogP contribution in [0.25, 0.3) is 0 Å². The molecule has 3 heterocycles. The number of benzene rings is 1. The van der Waals surface area contributed by atoms with Crippen molar-refractivity contribution in [3.8, 4) is 0 Å². The SMILES string of the molecule is O=C(c1ccn[nH]1)N1CCC2(CC[C@H](c3cccnc3)c3ccccc32)CC1. The molecule has 1 spiro atoms. The van der Waals surface area contributed by atoms with Crippen LogP contribution < -0.4 is 0 Å². The molecule has 2 aliphatic rings. The smallest absolute Gasteiger partial charge is 0.271 e. The Hall–Kier alpha value is -2.95. The fourth-order valence-corrected chi connectivity index (χ4v) is 5.13. The first-order chi connectivity index (χ1) is 13.8. The summed E-state index contributed by atoms with van der Waals surface area (Å²) in [6, 6.07) is 14.9. The van der Waals surface area contributed by atoms with Gasteiger partial charge in [-0.1, -0.05) is 30.3 Å². The van der Waals surface area contributed by atoms with Gasteiger partial charge in [0.1, 0.15) is 5.69 Å². The summed E-state index contributed by atoms with van der Waals surface area (Å²) in [4.78, 5) is 19.0. The quantitative estimate of drug-likeness (QED) is 0.742. The molecule has 1 saturated heterocycles. The molecule has 28 heavy (non-hydrogen) atoms. The Bertz CT molecular complexity index is 959. The molecular formula is C23H24N4O. The molecule has 1 aliphatic carbocycles. The summed E-state index contributed by atoms with van der Waals surface area (Å²) >= 11 is 0. The molecule has 5 nitrogen and oxygen atoms in total. The summed E-state index contributed by atoms with van der Waals surface area (Å²) in [7, 11) is 0. The maximum absolute atomic E-state index is 12.7. The molecule has 0 radical (unpaired) electrons. The molecule has 5 heteroatoms. The number of nitrogens with zero attached hydrogens (tertiary/aromatic N) is 3. The van der Waals surface area contributed by atoms with Crippen molar-refractivity contribution in [1.82, 2.24) is 20.1 Å². The number of hydrogen-bond acceptors (Lipinski definition) is 3. The van der Waals surface area contributed by atoms with Crippen LogP contribution in [0.15, 0.2) is 61.1 Å². The Morgan fingerprint density at radius 2 is 1.89 bits per heavy atom. The number of amides is 1. The van der Waals surface area contributed by atoms with Gasteiger partial charge in [0.05, 0.1) is 0 Å². The minimum absolute atomic E-state index is 0.0599. The maximum Gasteiger partial charge on any atom is 0.271 e. The molecule has 0 unspecified atom stereocenters. The molecule has 142 valence electrons. The number of piperidine rings is 1. The lowest BCUT2D eigenvalue weighted by atomic mass is 9.61. The predicted molar refractivity (Wildman–Crippen MR) is 107 cm³/mol. The van der Waals surface area contributed by atoms with Gasteiger partial charge >= 0.3 is 0 Å². The second kappa shape index (κ2) is 6.89. The van der Waals surface area contributed by atoms with E-state index in [2.05, 4.69) is 45.5 Å². The normalized spacial score (nSPS) is 20.7. The number of H-pyrrole nitrogens is 1. The Labute approximate surface area is 164 Å². The maximum atomic E-state index is 12.7. The van der Waals surface area contributed by atoms with E-state index in [9.17, 15) is 4.79 Å². The van der Waals surface area contributed by atoms with E-state index in [4.69, 9.17) is 0 Å². The topological polar surface area (TPSA) is 61.9 Å². The Morgan fingerprint density at radius 1 is 1.04 bits per heavy atom. The predicted octanol–water partition coefficient (Wildman–Crippen LogP) is 3.90. The van der Waals surface area contributed by atoms with Gasteiger partial charge in [-0.2, -0.15) is 5.10 Å². The first-order valence-electron chi connectivity index (χ1n) is 10.0. The Kier molecular flexibility index (Phi) is 4.23. The summed E-state index contributed by atoms with van der Waals surface area (Å²) in [5, 5.41) is 6.71. The van der Waals surface area contributed by atoms with Gasteiger partial charge in [0, 0.05) is 37.6 Å². The lowest BCUT2D eigenvalue weighted by Gasteiger charge is -2.47. The van der Waals surface area contributed by atoms with E-state index in [0.717, 1.165) is 38.8 Å². The minimum atomic E-state index is 0.0599. The number of carbonyl (C=O) groups excluding carboxylic acids is 1. The van der Waals surface area contributed by atoms with E-state index in [-0.39, 0.29) is 11.3 Å². The molecular weight excluding hydrogens is 348 g/mol. The van der Waals surface area contributed by atoms with Crippen molar-refractivity contribution in [2.75, 3.05) is 13.1 Å². The zero-order valence-electron chi connectivity index (χ0n) is 15.8. The van der Waals surface area contributed by atoms with E-state index >= 15 is 0 Å². The van der Waals surface area contributed by atoms with Gasteiger partial charge < -0.3 is 4.90 Å². The Morgan fingerprint density at radius 3 is 2.64 bits per heavy atom. The summed E-state index contributed by atoms with van der Waals surface area (Å²) in [5.41, 5.74) is 4.98. The highest BCUT2D eigenvalue weighted by molar-refractivity contribution is 5.92. The van der Waals surface area contributed by atoms with Crippen molar-refractivity contribution < 1.29 is 4.79 Å². The van der Waals surface area contributed by atoms with Gasteiger partial charge in [-0.15, -0.1) is 0 Å². The highest BCUT2D eigenvalue weighted by atomic mass is 16.2. The molecule has 3 aromatic rings. The number of pyridine rings is 1. The van der Waals surface area contributed by atoms with Gasteiger partial charge in [-0.25, -0.2) is 0 Å². The average Bonchev–Trinajstić information content (AvgIpc) is 3.30. The van der Waals surface area contributed by atoms with Gasteiger partial charge in [0.2, 0.25) is 0 Å². The third kappa shape index (κ3) is 2.82. The first-order valence-corrected chi connectivity index (χ1v) is 10.0. The van der Waals surface area contributed by atoms with E-state index in [1.54, 1.807) is 12.3 Å². The number of aromatic nitrogens is 3. The molecule has 0 saturated carbocycles. The summed E-state index contributed by atoms with van der Waals surface area (Å²) in [6.45, 7) is 1.59. The van der Waals surface area contributed by atoms with Crippen molar-refractivity contribution in [3.63, 3.8) is 0 Å². The summed E-state index contributed by atoms with van der Waals surface area (Å²) in [5.74, 6) is 0.477. The number of carbonyl (C=O) groups is 1. The molecule has 1 aliphatic heterocycles. The summed E-state index contributed by atoms with van der Waals surface area (Å²) in [6.07, 6.45) is 9.81. The number of rotatable bonds is 2. The second-order valence-corrected chi connectivity index (χ2v) is 8.01. The lowest BCUT2D eigenvalue weighted by molar-refractivity contribution is 0.0644. The summed E-state index contributed by atoms with van der Waals surface area (Å²) < 4.78 is 0. The van der Waals surface area contributed by atoms with Crippen LogP contribution in [0, 0.1) is 0 Å². The average molecular weight is 372 g/mol. The molecule has 2 aromatic heterocycles. The van der Waals surface area contributed by atoms with Gasteiger partial charge in [0.25, 0.3) is 5.91 Å². The number of likely N-dealkylation sites (tertiary alicyclic amines) is 1. The minimum Gasteiger partial charge on any atom is -0.337 e. The molecule has 1 fully saturated rings. The molecule has 5 rings (SSSR count). The van der Waals surface area contributed by atoms with Crippen LogP contribution in [0.3, 0.4) is 0 Å². The van der Waals surface area contributed by atoms with Crippen LogP contribution in [0.4, 0.5) is 0 Å². The van der Waals surface area contributed by atoms with Crippen LogP contribution in [0.1, 0.15) is 58.8 Å². The van der Waals surface area contributed by atoms with Gasteiger partial charge in [0.15, 0.2) is 0 Å². The van der Waals surface area contributed by atoms with Crippen LogP contribution in [0.5, 0.6) is 0 Å². The monoisotopic (exact) mass is 372 g/mol. The fourth-order valence-electron chi connectivity index (χ4n) is 5.13. The molecule has 0 bridgehead atoms. The highest BCUT2D eigenvalue weighted by Gasteiger charge is 2.42. The Balaban J connectivity index is 1.41. The number of fused-ring (bicyclic) bond motifs is 2. The zero-order chi connectivity index (χ0) is 19.0. The van der Waals surface area contributed by atoms with E-state index in [1.165, 1.54) is 16.7 Å². The van der Waals surface area contributed by atoms with Crippen molar-refractivity contribution in [3.05, 3.63) is 83.4 Å². The molecule has 1 aromatic carbocycles. The van der Waals surface area contributed by atoms with Crippen molar-refractivity contribution >= 4 is 5.91 Å². The third-order valence-corrected chi connectivity index (χ3v) is 6.64. The second-order valence-electron chi connectivity index (χ2n) is 8.01. The largest absolute Gasteiger partial charge is 0.337 e. The molecule has 1 atom stereocenters. The highest BCUT2D eigenvalue weighted by Crippen LogP contribution is 2.50. The van der Waals surface area contributed by atoms with Crippen molar-refractivity contribution in [2.24, 2.45) is 0 Å².